The van der Waals surface area contributed by atoms with Crippen LogP contribution in [0.15, 0.2) is 30.6 Å². The van der Waals surface area contributed by atoms with Crippen molar-refractivity contribution in [3.05, 3.63) is 30.6 Å². The maximum Gasteiger partial charge on any atom is 0.325 e. The quantitative estimate of drug-likeness (QED) is 0.566. The molecular weight excluding hydrogens is 460 g/mol. The number of rotatable bonds is 7. The van der Waals surface area contributed by atoms with Crippen molar-refractivity contribution in [1.82, 2.24) is 25.1 Å². The zero-order valence-electron chi connectivity index (χ0n) is 20.8. The summed E-state index contributed by atoms with van der Waals surface area (Å²) in [5.74, 6) is -0.264. The number of hydrogen-bond acceptors (Lipinski definition) is 7. The molecule has 1 saturated carbocycles. The predicted octanol–water partition coefficient (Wildman–Crippen LogP) is 2.06. The molecule has 1 atom stereocenters. The van der Waals surface area contributed by atoms with E-state index in [1.165, 1.54) is 4.90 Å². The van der Waals surface area contributed by atoms with Crippen LogP contribution in [0.25, 0.3) is 11.0 Å². The molecule has 0 bridgehead atoms. The lowest BCUT2D eigenvalue weighted by molar-refractivity contribution is -0.135. The van der Waals surface area contributed by atoms with Crippen LogP contribution in [0.4, 0.5) is 10.5 Å². The first-order valence-electron chi connectivity index (χ1n) is 12.9. The number of fused-ring (bicyclic) bond motifs is 1. The minimum atomic E-state index is -1.05. The molecule has 36 heavy (non-hydrogen) atoms. The molecule has 2 aromatic rings. The van der Waals surface area contributed by atoms with Crippen molar-refractivity contribution in [3.63, 3.8) is 0 Å². The van der Waals surface area contributed by atoms with Crippen LogP contribution in [0.1, 0.15) is 51.4 Å². The lowest BCUT2D eigenvalue weighted by Gasteiger charge is -2.42. The van der Waals surface area contributed by atoms with E-state index in [1.54, 1.807) is 24.3 Å². The average Bonchev–Trinajstić information content (AvgIpc) is 3.43. The molecule has 4 heterocycles. The topological polar surface area (TPSA) is 119 Å². The van der Waals surface area contributed by atoms with Crippen LogP contribution in [0, 0.1) is 0 Å². The van der Waals surface area contributed by atoms with Crippen LogP contribution in [-0.2, 0) is 9.59 Å². The molecule has 192 valence electrons. The molecule has 2 aliphatic heterocycles. The Hall–Kier alpha value is -3.27. The molecule has 5 rings (SSSR count). The molecule has 0 radical (unpaired) electrons. The largest absolute Gasteiger partial charge is 0.386 e. The van der Waals surface area contributed by atoms with Gasteiger partial charge in [0.1, 0.15) is 11.1 Å². The molecule has 4 amide bonds. The number of amides is 4. The lowest BCUT2D eigenvalue weighted by Crippen LogP contribution is -2.54. The maximum atomic E-state index is 12.9. The van der Waals surface area contributed by atoms with Crippen molar-refractivity contribution in [2.45, 2.75) is 62.5 Å². The maximum absolute atomic E-state index is 12.9. The first-order valence-corrected chi connectivity index (χ1v) is 12.9. The number of carbonyl (C=O) groups is 3. The van der Waals surface area contributed by atoms with E-state index in [2.05, 4.69) is 20.2 Å². The van der Waals surface area contributed by atoms with E-state index in [0.717, 1.165) is 42.5 Å². The number of hydrogen-bond donors (Lipinski definition) is 2. The van der Waals surface area contributed by atoms with E-state index in [4.69, 9.17) is 0 Å². The van der Waals surface area contributed by atoms with Crippen LogP contribution in [-0.4, -0.2) is 87.1 Å². The third-order valence-corrected chi connectivity index (χ3v) is 7.80. The molecule has 3 aliphatic rings. The van der Waals surface area contributed by atoms with Crippen molar-refractivity contribution in [2.75, 3.05) is 38.1 Å². The smallest absolute Gasteiger partial charge is 0.325 e. The number of urea groups is 1. The van der Waals surface area contributed by atoms with Gasteiger partial charge in [0.15, 0.2) is 0 Å². The predicted molar refractivity (Wildman–Crippen MR) is 134 cm³/mol. The third kappa shape index (κ3) is 4.61. The minimum Gasteiger partial charge on any atom is -0.386 e. The van der Waals surface area contributed by atoms with Gasteiger partial charge < -0.3 is 20.2 Å². The van der Waals surface area contributed by atoms with Gasteiger partial charge in [-0.1, -0.05) is 12.8 Å². The highest BCUT2D eigenvalue weighted by molar-refractivity contribution is 6.07. The summed E-state index contributed by atoms with van der Waals surface area (Å²) in [5, 5.41) is 14.3. The third-order valence-electron chi connectivity index (χ3n) is 7.80. The molecule has 1 aliphatic carbocycles. The second-order valence-corrected chi connectivity index (χ2v) is 10.5. The van der Waals surface area contributed by atoms with Crippen LogP contribution in [0.5, 0.6) is 0 Å². The van der Waals surface area contributed by atoms with Gasteiger partial charge in [-0.05, 0) is 50.3 Å². The zero-order chi connectivity index (χ0) is 25.3. The van der Waals surface area contributed by atoms with Crippen LogP contribution >= 0.6 is 0 Å². The van der Waals surface area contributed by atoms with Crippen molar-refractivity contribution in [2.24, 2.45) is 0 Å². The summed E-state index contributed by atoms with van der Waals surface area (Å²) in [4.78, 5) is 51.8. The number of imide groups is 1. The summed E-state index contributed by atoms with van der Waals surface area (Å²) in [6.07, 6.45) is 8.76. The first-order chi connectivity index (χ1) is 17.3. The van der Waals surface area contributed by atoms with Crippen LogP contribution in [0.3, 0.4) is 0 Å². The number of nitrogens with zero attached hydrogens (tertiary/aromatic N) is 5. The van der Waals surface area contributed by atoms with Gasteiger partial charge in [0.25, 0.3) is 5.91 Å². The summed E-state index contributed by atoms with van der Waals surface area (Å²) in [5.41, 5.74) is 0.770. The van der Waals surface area contributed by atoms with Crippen molar-refractivity contribution < 1.29 is 19.5 Å². The number of anilines is 1. The summed E-state index contributed by atoms with van der Waals surface area (Å²) in [6.45, 7) is 1.63. The molecule has 0 aromatic carbocycles. The van der Waals surface area contributed by atoms with Crippen LogP contribution in [0.2, 0.25) is 0 Å². The average molecular weight is 495 g/mol. The summed E-state index contributed by atoms with van der Waals surface area (Å²) >= 11 is 0. The Morgan fingerprint density at radius 2 is 1.94 bits per heavy atom. The highest BCUT2D eigenvalue weighted by atomic mass is 16.3. The van der Waals surface area contributed by atoms with Gasteiger partial charge in [-0.25, -0.2) is 4.79 Å². The molecule has 2 N–H and O–H groups in total. The molecular formula is C26H34N6O4. The van der Waals surface area contributed by atoms with Crippen molar-refractivity contribution in [1.29, 1.82) is 0 Å². The Labute approximate surface area is 210 Å². The van der Waals surface area contributed by atoms with E-state index in [0.29, 0.717) is 32.2 Å². The van der Waals surface area contributed by atoms with Gasteiger partial charge in [-0.15, -0.1) is 0 Å². The summed E-state index contributed by atoms with van der Waals surface area (Å²) in [7, 11) is 1.70. The number of aromatic nitrogens is 2. The standard InChI is InChI=1S/C26H34N6O4/c1-30(21(33)8-5-16-32-23(34)26(29-24(32)35)11-2-3-12-26)17-25(36)10-6-15-31(18-25)20-9-14-27-19-7-4-13-28-22(19)20/h4,7,9,13-14,36H,2-3,5-6,8,10-12,15-18H2,1H3,(H,29,35). The van der Waals surface area contributed by atoms with E-state index < -0.39 is 11.1 Å². The number of piperidine rings is 1. The zero-order valence-corrected chi connectivity index (χ0v) is 20.8. The Bertz CT molecular complexity index is 1160. The summed E-state index contributed by atoms with van der Waals surface area (Å²) in [6, 6.07) is 5.34. The second-order valence-electron chi connectivity index (χ2n) is 10.5. The fourth-order valence-corrected chi connectivity index (χ4v) is 5.97. The van der Waals surface area contributed by atoms with Gasteiger partial charge >= 0.3 is 6.03 Å². The molecule has 2 saturated heterocycles. The Morgan fingerprint density at radius 1 is 1.14 bits per heavy atom. The number of carbonyl (C=O) groups excluding carboxylic acids is 3. The summed E-state index contributed by atoms with van der Waals surface area (Å²) < 4.78 is 0. The number of aliphatic hydroxyl groups is 1. The first kappa shape index (κ1) is 24.4. The SMILES string of the molecule is CN(CC1(O)CCCN(c2ccnc3cccnc23)C1)C(=O)CCCN1C(=O)NC2(CCCC2)C1=O. The second kappa shape index (κ2) is 9.65. The molecule has 10 heteroatoms. The van der Waals surface area contributed by atoms with Gasteiger partial charge in [0, 0.05) is 45.5 Å². The Morgan fingerprint density at radius 3 is 2.75 bits per heavy atom. The van der Waals surface area contributed by atoms with E-state index in [-0.39, 0.29) is 37.4 Å². The monoisotopic (exact) mass is 494 g/mol. The van der Waals surface area contributed by atoms with E-state index in [1.807, 2.05) is 18.2 Å². The normalized spacial score (nSPS) is 23.5. The number of nitrogens with one attached hydrogen (secondary N) is 1. The molecule has 3 fully saturated rings. The van der Waals surface area contributed by atoms with Gasteiger partial charge in [0.05, 0.1) is 23.3 Å². The molecule has 1 unspecified atom stereocenters. The lowest BCUT2D eigenvalue weighted by atomic mass is 9.91. The van der Waals surface area contributed by atoms with Crippen LogP contribution < -0.4 is 10.2 Å². The number of pyridine rings is 2. The fourth-order valence-electron chi connectivity index (χ4n) is 5.97. The molecule has 1 spiro atoms. The van der Waals surface area contributed by atoms with Gasteiger partial charge in [0.2, 0.25) is 5.91 Å². The Balaban J connectivity index is 1.15. The number of β-amino-alcohol motifs (C(OH)–C–C–N with tert-alkyl or cyclic N) is 1. The number of likely N-dealkylation sites (N-methyl/N-ethyl adjacent to an activating group) is 1. The highest BCUT2D eigenvalue weighted by Gasteiger charge is 2.52. The minimum absolute atomic E-state index is 0.112. The Kier molecular flexibility index (Phi) is 6.55. The molecule has 10 nitrogen and oxygen atoms in total. The fraction of sp³-hybridized carbons (Fsp3) is 0.577. The molecule has 2 aromatic heterocycles. The van der Waals surface area contributed by atoms with E-state index in [9.17, 15) is 19.5 Å². The van der Waals surface area contributed by atoms with E-state index >= 15 is 0 Å². The van der Waals surface area contributed by atoms with Crippen molar-refractivity contribution in [3.8, 4) is 0 Å². The van der Waals surface area contributed by atoms with Gasteiger partial charge in [-0.2, -0.15) is 0 Å². The highest BCUT2D eigenvalue weighted by Crippen LogP contribution is 2.35. The van der Waals surface area contributed by atoms with Gasteiger partial charge in [-0.3, -0.25) is 24.5 Å². The van der Waals surface area contributed by atoms with Crippen molar-refractivity contribution >= 4 is 34.6 Å².